The molecule has 1 amide bonds. The van der Waals surface area contributed by atoms with Crippen molar-refractivity contribution in [1.29, 1.82) is 0 Å². The Labute approximate surface area is 134 Å². The standard InChI is InChI=1S/C13H15BrINO3/c1-13(2,3)10(12(18)19)11(17)16-9-5-4-7(15)6-8(9)14/h4-6,10H,1-3H3,(H,16,17)(H,18,19). The van der Waals surface area contributed by atoms with Gasteiger partial charge in [-0.3, -0.25) is 9.59 Å². The minimum atomic E-state index is -1.12. The monoisotopic (exact) mass is 439 g/mol. The summed E-state index contributed by atoms with van der Waals surface area (Å²) < 4.78 is 1.75. The van der Waals surface area contributed by atoms with Gasteiger partial charge in [0.05, 0.1) is 5.69 Å². The molecule has 6 heteroatoms. The molecule has 0 aliphatic heterocycles. The number of hydrogen-bond donors (Lipinski definition) is 2. The highest BCUT2D eigenvalue weighted by atomic mass is 127. The van der Waals surface area contributed by atoms with Gasteiger partial charge in [0.2, 0.25) is 5.91 Å². The van der Waals surface area contributed by atoms with Crippen LogP contribution in [0.15, 0.2) is 22.7 Å². The predicted molar refractivity (Wildman–Crippen MR) is 86.1 cm³/mol. The van der Waals surface area contributed by atoms with Crippen LogP contribution in [0.5, 0.6) is 0 Å². The summed E-state index contributed by atoms with van der Waals surface area (Å²) in [6.45, 7) is 5.19. The van der Waals surface area contributed by atoms with Gasteiger partial charge in [0.1, 0.15) is 5.92 Å². The van der Waals surface area contributed by atoms with Crippen molar-refractivity contribution in [2.45, 2.75) is 20.8 Å². The zero-order valence-corrected chi connectivity index (χ0v) is 14.6. The van der Waals surface area contributed by atoms with Crippen LogP contribution < -0.4 is 5.32 Å². The van der Waals surface area contributed by atoms with Crippen molar-refractivity contribution in [1.82, 2.24) is 0 Å². The van der Waals surface area contributed by atoms with E-state index in [0.29, 0.717) is 5.69 Å². The van der Waals surface area contributed by atoms with Crippen molar-refractivity contribution < 1.29 is 14.7 Å². The summed E-state index contributed by atoms with van der Waals surface area (Å²) in [5, 5.41) is 11.9. The first kappa shape index (κ1) is 16.4. The molecule has 1 rings (SSSR count). The van der Waals surface area contributed by atoms with Gasteiger partial charge in [-0.15, -0.1) is 0 Å². The van der Waals surface area contributed by atoms with E-state index in [4.69, 9.17) is 0 Å². The SMILES string of the molecule is CC(C)(C)C(C(=O)O)C(=O)Nc1ccc(I)cc1Br. The van der Waals surface area contributed by atoms with Crippen LogP contribution in [0.3, 0.4) is 0 Å². The van der Waals surface area contributed by atoms with Gasteiger partial charge in [-0.25, -0.2) is 0 Å². The average Bonchev–Trinajstić information content (AvgIpc) is 2.19. The maximum Gasteiger partial charge on any atom is 0.316 e. The zero-order chi connectivity index (χ0) is 14.8. The van der Waals surface area contributed by atoms with Gasteiger partial charge in [-0.1, -0.05) is 20.8 Å². The van der Waals surface area contributed by atoms with E-state index in [1.54, 1.807) is 26.8 Å². The molecule has 1 aromatic carbocycles. The second-order valence-electron chi connectivity index (χ2n) is 5.25. The lowest BCUT2D eigenvalue weighted by Gasteiger charge is -2.26. The van der Waals surface area contributed by atoms with Gasteiger partial charge in [-0.2, -0.15) is 0 Å². The second kappa shape index (κ2) is 6.21. The lowest BCUT2D eigenvalue weighted by Crippen LogP contribution is -2.39. The Morgan fingerprint density at radius 3 is 2.37 bits per heavy atom. The first-order valence-electron chi connectivity index (χ1n) is 5.61. The van der Waals surface area contributed by atoms with Gasteiger partial charge in [-0.05, 0) is 62.1 Å². The topological polar surface area (TPSA) is 66.4 Å². The van der Waals surface area contributed by atoms with E-state index in [1.165, 1.54) is 0 Å². The van der Waals surface area contributed by atoms with Crippen LogP contribution in [-0.4, -0.2) is 17.0 Å². The third kappa shape index (κ3) is 4.45. The molecule has 4 nitrogen and oxygen atoms in total. The van der Waals surface area contributed by atoms with Gasteiger partial charge in [0.25, 0.3) is 0 Å². The fraction of sp³-hybridized carbons (Fsp3) is 0.385. The summed E-state index contributed by atoms with van der Waals surface area (Å²) in [5.41, 5.74) is -0.0769. The highest BCUT2D eigenvalue weighted by molar-refractivity contribution is 14.1. The van der Waals surface area contributed by atoms with Crippen molar-refractivity contribution in [2.75, 3.05) is 5.32 Å². The van der Waals surface area contributed by atoms with E-state index in [-0.39, 0.29) is 0 Å². The van der Waals surface area contributed by atoms with E-state index < -0.39 is 23.2 Å². The third-order valence-electron chi connectivity index (χ3n) is 2.56. The number of halogens is 2. The van der Waals surface area contributed by atoms with Crippen LogP contribution in [0, 0.1) is 14.9 Å². The Morgan fingerprint density at radius 2 is 1.95 bits per heavy atom. The van der Waals surface area contributed by atoms with Crippen molar-refractivity contribution in [3.63, 3.8) is 0 Å². The molecule has 0 aromatic heterocycles. The van der Waals surface area contributed by atoms with Crippen molar-refractivity contribution in [3.05, 3.63) is 26.2 Å². The lowest BCUT2D eigenvalue weighted by atomic mass is 9.80. The summed E-state index contributed by atoms with van der Waals surface area (Å²) in [5.74, 6) is -2.73. The number of benzene rings is 1. The summed E-state index contributed by atoms with van der Waals surface area (Å²) in [6.07, 6.45) is 0. The van der Waals surface area contributed by atoms with E-state index in [1.807, 2.05) is 12.1 Å². The lowest BCUT2D eigenvalue weighted by molar-refractivity contribution is -0.149. The van der Waals surface area contributed by atoms with Crippen LogP contribution in [-0.2, 0) is 9.59 Å². The second-order valence-corrected chi connectivity index (χ2v) is 7.35. The average molecular weight is 440 g/mol. The normalized spacial score (nSPS) is 12.9. The first-order valence-corrected chi connectivity index (χ1v) is 7.49. The molecule has 2 N–H and O–H groups in total. The maximum absolute atomic E-state index is 12.1. The highest BCUT2D eigenvalue weighted by Gasteiger charge is 2.37. The van der Waals surface area contributed by atoms with Crippen LogP contribution >= 0.6 is 38.5 Å². The highest BCUT2D eigenvalue weighted by Crippen LogP contribution is 2.29. The number of carbonyl (C=O) groups is 2. The minimum Gasteiger partial charge on any atom is -0.481 e. The fourth-order valence-corrected chi connectivity index (χ4v) is 3.07. The number of hydrogen-bond acceptors (Lipinski definition) is 2. The number of aliphatic carboxylic acids is 1. The largest absolute Gasteiger partial charge is 0.481 e. The number of carbonyl (C=O) groups excluding carboxylic acids is 1. The molecular weight excluding hydrogens is 425 g/mol. The summed E-state index contributed by atoms with van der Waals surface area (Å²) >= 11 is 5.50. The molecular formula is C13H15BrINO3. The van der Waals surface area contributed by atoms with Gasteiger partial charge >= 0.3 is 5.97 Å². The number of nitrogens with one attached hydrogen (secondary N) is 1. The first-order chi connectivity index (χ1) is 8.62. The smallest absolute Gasteiger partial charge is 0.316 e. The molecule has 104 valence electrons. The van der Waals surface area contributed by atoms with Gasteiger partial charge in [0.15, 0.2) is 0 Å². The molecule has 0 saturated carbocycles. The van der Waals surface area contributed by atoms with E-state index in [2.05, 4.69) is 43.8 Å². The van der Waals surface area contributed by atoms with Gasteiger partial charge < -0.3 is 10.4 Å². The summed E-state index contributed by atoms with van der Waals surface area (Å²) in [7, 11) is 0. The van der Waals surface area contributed by atoms with Crippen LogP contribution in [0.2, 0.25) is 0 Å². The quantitative estimate of drug-likeness (QED) is 0.556. The molecule has 0 spiro atoms. The zero-order valence-electron chi connectivity index (χ0n) is 10.8. The number of anilines is 1. The van der Waals surface area contributed by atoms with E-state index >= 15 is 0 Å². The predicted octanol–water partition coefficient (Wildman–Crippen LogP) is 3.74. The number of carboxylic acids is 1. The van der Waals surface area contributed by atoms with E-state index in [9.17, 15) is 14.7 Å². The van der Waals surface area contributed by atoms with Crippen LogP contribution in [0.25, 0.3) is 0 Å². The Balaban J connectivity index is 2.97. The Hall–Kier alpha value is -0.630. The van der Waals surface area contributed by atoms with Crippen molar-refractivity contribution in [3.8, 4) is 0 Å². The Bertz CT molecular complexity index is 511. The summed E-state index contributed by atoms with van der Waals surface area (Å²) in [4.78, 5) is 23.4. The Morgan fingerprint density at radius 1 is 1.37 bits per heavy atom. The minimum absolute atomic E-state index is 0.512. The number of carboxylic acid groups (broad SMARTS) is 1. The van der Waals surface area contributed by atoms with Crippen LogP contribution in [0.1, 0.15) is 20.8 Å². The Kier molecular flexibility index (Phi) is 5.37. The fourth-order valence-electron chi connectivity index (χ4n) is 1.67. The summed E-state index contributed by atoms with van der Waals surface area (Å²) in [6, 6.07) is 5.43. The molecule has 0 saturated heterocycles. The molecule has 1 atom stereocenters. The molecule has 19 heavy (non-hydrogen) atoms. The molecule has 0 aliphatic rings. The molecule has 0 heterocycles. The molecule has 0 bridgehead atoms. The molecule has 0 aliphatic carbocycles. The van der Waals surface area contributed by atoms with Crippen molar-refractivity contribution in [2.24, 2.45) is 11.3 Å². The molecule has 1 aromatic rings. The number of amides is 1. The van der Waals surface area contributed by atoms with Crippen molar-refractivity contribution >= 4 is 56.1 Å². The molecule has 0 radical (unpaired) electrons. The third-order valence-corrected chi connectivity index (χ3v) is 3.89. The number of rotatable bonds is 3. The maximum atomic E-state index is 12.1. The molecule has 0 fully saturated rings. The van der Waals surface area contributed by atoms with Crippen LogP contribution in [0.4, 0.5) is 5.69 Å². The molecule has 1 unspecified atom stereocenters. The van der Waals surface area contributed by atoms with Gasteiger partial charge in [0, 0.05) is 8.04 Å². The van der Waals surface area contributed by atoms with E-state index in [0.717, 1.165) is 8.04 Å².